The van der Waals surface area contributed by atoms with E-state index in [-0.39, 0.29) is 37.6 Å². The van der Waals surface area contributed by atoms with Crippen LogP contribution in [0.3, 0.4) is 0 Å². The Morgan fingerprint density at radius 3 is 2.47 bits per heavy atom. The Morgan fingerprint density at radius 2 is 1.91 bits per heavy atom. The Morgan fingerprint density at radius 1 is 1.24 bits per heavy atom. The topological polar surface area (TPSA) is 142 Å². The summed E-state index contributed by atoms with van der Waals surface area (Å²) in [5, 5.41) is -0.397. The van der Waals surface area contributed by atoms with Crippen molar-refractivity contribution in [1.29, 1.82) is 0 Å². The molecule has 3 amide bonds. The normalized spacial score (nSPS) is 18.4. The number of halogens is 2. The molecule has 3 N–H and O–H groups in total. The molecule has 0 radical (unpaired) electrons. The van der Waals surface area contributed by atoms with Gasteiger partial charge in [-0.2, -0.15) is 4.72 Å². The van der Waals surface area contributed by atoms with Gasteiger partial charge in [-0.15, -0.1) is 0 Å². The maximum Gasteiger partial charge on any atom is 0.250 e. The number of hydrogen-bond acceptors (Lipinski definition) is 7. The summed E-state index contributed by atoms with van der Waals surface area (Å²) in [6.07, 6.45) is 0.743. The standard InChI is InChI=1S/C20H27ClFN5O6S/c1-33-10-9-25-5-7-26(8-6-25)20(30)18(19(23)29)24-34(31,32)15-12-13(22)11-14(17(15)21)27-4-2-3-16(27)28/h11-12,18,24H,2-10H2,1H3,(H2,23,29)/t18-/m0/s1. The average molecular weight is 520 g/mol. The smallest absolute Gasteiger partial charge is 0.250 e. The van der Waals surface area contributed by atoms with Crippen LogP contribution < -0.4 is 15.4 Å². The molecular formula is C20H27ClFN5O6S. The Bertz CT molecular complexity index is 1060. The van der Waals surface area contributed by atoms with E-state index in [1.807, 2.05) is 4.72 Å². The zero-order valence-corrected chi connectivity index (χ0v) is 20.2. The molecule has 11 nitrogen and oxygen atoms in total. The van der Waals surface area contributed by atoms with Gasteiger partial charge in [-0.1, -0.05) is 11.6 Å². The molecule has 14 heteroatoms. The van der Waals surface area contributed by atoms with E-state index in [1.165, 1.54) is 9.80 Å². The van der Waals surface area contributed by atoms with Crippen LogP contribution in [-0.2, 0) is 29.1 Å². The van der Waals surface area contributed by atoms with E-state index in [0.29, 0.717) is 38.7 Å². The highest BCUT2D eigenvalue weighted by Gasteiger charge is 2.36. The lowest BCUT2D eigenvalue weighted by atomic mass is 10.2. The molecule has 0 bridgehead atoms. The fourth-order valence-corrected chi connectivity index (χ4v) is 5.67. The summed E-state index contributed by atoms with van der Waals surface area (Å²) in [4.78, 5) is 40.9. The maximum absolute atomic E-state index is 14.3. The predicted octanol–water partition coefficient (Wildman–Crippen LogP) is -0.471. The summed E-state index contributed by atoms with van der Waals surface area (Å²) in [6.45, 7) is 2.99. The van der Waals surface area contributed by atoms with Gasteiger partial charge in [0.1, 0.15) is 10.7 Å². The number of amides is 3. The number of ether oxygens (including phenoxy) is 1. The lowest BCUT2D eigenvalue weighted by molar-refractivity contribution is -0.139. The second-order valence-electron chi connectivity index (χ2n) is 8.00. The average Bonchev–Trinajstić information content (AvgIpc) is 3.22. The minimum absolute atomic E-state index is 0.0985. The summed E-state index contributed by atoms with van der Waals surface area (Å²) in [7, 11) is -3.09. The van der Waals surface area contributed by atoms with Crippen LogP contribution in [0, 0.1) is 5.82 Å². The largest absolute Gasteiger partial charge is 0.383 e. The number of methoxy groups -OCH3 is 1. The summed E-state index contributed by atoms with van der Waals surface area (Å²) in [5.74, 6) is -3.30. The Kier molecular flexibility index (Phi) is 8.47. The third-order valence-electron chi connectivity index (χ3n) is 5.74. The fourth-order valence-electron chi connectivity index (χ4n) is 3.89. The number of nitrogens with two attached hydrogens (primary N) is 1. The number of carbonyl (C=O) groups excluding carboxylic acids is 3. The number of nitrogens with one attached hydrogen (secondary N) is 1. The minimum atomic E-state index is -4.67. The second-order valence-corrected chi connectivity index (χ2v) is 10.1. The molecule has 0 spiro atoms. The van der Waals surface area contributed by atoms with Crippen LogP contribution in [-0.4, -0.2) is 95.0 Å². The highest BCUT2D eigenvalue weighted by atomic mass is 35.5. The first-order chi connectivity index (χ1) is 16.0. The Hall–Kier alpha value is -2.32. The van der Waals surface area contributed by atoms with Gasteiger partial charge in [-0.05, 0) is 18.6 Å². The van der Waals surface area contributed by atoms with Crippen LogP contribution in [0.15, 0.2) is 17.0 Å². The molecule has 0 aromatic heterocycles. The highest BCUT2D eigenvalue weighted by Crippen LogP contribution is 2.35. The van der Waals surface area contributed by atoms with E-state index in [1.54, 1.807) is 7.11 Å². The molecule has 1 aromatic carbocycles. The van der Waals surface area contributed by atoms with Crippen molar-refractivity contribution in [3.8, 4) is 0 Å². The molecular weight excluding hydrogens is 493 g/mol. The van der Waals surface area contributed by atoms with Crippen LogP contribution in [0.2, 0.25) is 5.02 Å². The fraction of sp³-hybridized carbons (Fsp3) is 0.550. The number of benzene rings is 1. The van der Waals surface area contributed by atoms with Crippen molar-refractivity contribution >= 4 is 45.0 Å². The van der Waals surface area contributed by atoms with Gasteiger partial charge >= 0.3 is 0 Å². The van der Waals surface area contributed by atoms with Crippen molar-refractivity contribution in [2.45, 2.75) is 23.8 Å². The maximum atomic E-state index is 14.3. The van der Waals surface area contributed by atoms with Crippen LogP contribution in [0.4, 0.5) is 10.1 Å². The van der Waals surface area contributed by atoms with Crippen molar-refractivity contribution in [1.82, 2.24) is 14.5 Å². The van der Waals surface area contributed by atoms with Gasteiger partial charge in [0.25, 0.3) is 5.91 Å². The number of nitrogens with zero attached hydrogens (tertiary/aromatic N) is 3. The van der Waals surface area contributed by atoms with Crippen molar-refractivity contribution in [2.24, 2.45) is 5.73 Å². The number of rotatable bonds is 9. The van der Waals surface area contributed by atoms with E-state index in [2.05, 4.69) is 4.90 Å². The van der Waals surface area contributed by atoms with Crippen LogP contribution in [0.25, 0.3) is 0 Å². The molecule has 0 saturated carbocycles. The van der Waals surface area contributed by atoms with Crippen molar-refractivity contribution < 1.29 is 31.9 Å². The van der Waals surface area contributed by atoms with E-state index >= 15 is 0 Å². The molecule has 2 aliphatic rings. The van der Waals surface area contributed by atoms with Crippen molar-refractivity contribution in [3.05, 3.63) is 23.0 Å². The molecule has 3 rings (SSSR count). The molecule has 2 aliphatic heterocycles. The number of primary amides is 1. The number of anilines is 1. The van der Waals surface area contributed by atoms with Gasteiger partial charge in [0.05, 0.1) is 17.3 Å². The number of hydrogen-bond donors (Lipinski definition) is 2. The predicted molar refractivity (Wildman–Crippen MR) is 121 cm³/mol. The van der Waals surface area contributed by atoms with E-state index in [9.17, 15) is 27.2 Å². The SMILES string of the molecule is COCCN1CCN(C(=O)[C@@H](NS(=O)(=O)c2cc(F)cc(N3CCCC3=O)c2Cl)C(N)=O)CC1. The number of carbonyl (C=O) groups is 3. The van der Waals surface area contributed by atoms with Crippen LogP contribution >= 0.6 is 11.6 Å². The first-order valence-electron chi connectivity index (χ1n) is 10.7. The number of sulfonamides is 1. The molecule has 2 heterocycles. The van der Waals surface area contributed by atoms with Crippen molar-refractivity contribution in [3.63, 3.8) is 0 Å². The monoisotopic (exact) mass is 519 g/mol. The zero-order valence-electron chi connectivity index (χ0n) is 18.6. The Labute approximate surface area is 202 Å². The van der Waals surface area contributed by atoms with Gasteiger partial charge in [0, 0.05) is 52.8 Å². The summed E-state index contributed by atoms with van der Waals surface area (Å²) in [6, 6.07) is -0.289. The first-order valence-corrected chi connectivity index (χ1v) is 12.5. The van der Waals surface area contributed by atoms with E-state index < -0.39 is 43.6 Å². The van der Waals surface area contributed by atoms with Gasteiger partial charge in [-0.25, -0.2) is 12.8 Å². The van der Waals surface area contributed by atoms with Gasteiger partial charge in [0.2, 0.25) is 21.8 Å². The molecule has 1 atom stereocenters. The quantitative estimate of drug-likeness (QED) is 0.420. The summed E-state index contributed by atoms with van der Waals surface area (Å²) < 4.78 is 47.4. The third kappa shape index (κ3) is 5.84. The third-order valence-corrected chi connectivity index (χ3v) is 7.69. The van der Waals surface area contributed by atoms with Crippen molar-refractivity contribution in [2.75, 3.05) is 57.9 Å². The molecule has 0 unspecified atom stereocenters. The lowest BCUT2D eigenvalue weighted by Gasteiger charge is -2.35. The minimum Gasteiger partial charge on any atom is -0.383 e. The van der Waals surface area contributed by atoms with Gasteiger partial charge in [-0.3, -0.25) is 19.3 Å². The van der Waals surface area contributed by atoms with E-state index in [4.69, 9.17) is 22.1 Å². The van der Waals surface area contributed by atoms with Crippen LogP contribution in [0.1, 0.15) is 12.8 Å². The number of piperazine rings is 1. The first kappa shape index (κ1) is 26.3. The highest BCUT2D eigenvalue weighted by molar-refractivity contribution is 7.89. The lowest BCUT2D eigenvalue weighted by Crippen LogP contribution is -2.58. The zero-order chi connectivity index (χ0) is 25.0. The van der Waals surface area contributed by atoms with Gasteiger partial charge in [0.15, 0.2) is 6.04 Å². The Balaban J connectivity index is 1.81. The molecule has 2 saturated heterocycles. The summed E-state index contributed by atoms with van der Waals surface area (Å²) in [5.41, 5.74) is 5.24. The van der Waals surface area contributed by atoms with E-state index in [0.717, 1.165) is 6.07 Å². The molecule has 34 heavy (non-hydrogen) atoms. The molecule has 2 fully saturated rings. The molecule has 1 aromatic rings. The van der Waals surface area contributed by atoms with Crippen LogP contribution in [0.5, 0.6) is 0 Å². The molecule has 188 valence electrons. The second kappa shape index (κ2) is 11.0. The summed E-state index contributed by atoms with van der Waals surface area (Å²) >= 11 is 6.25. The van der Waals surface area contributed by atoms with Gasteiger partial charge < -0.3 is 20.3 Å². The molecule has 0 aliphatic carbocycles.